The molecule has 17 heavy (non-hydrogen) atoms. The van der Waals surface area contributed by atoms with Crippen LogP contribution in [0.2, 0.25) is 5.02 Å². The minimum atomic E-state index is -3.79. The molecule has 3 N–H and O–H groups in total. The Morgan fingerprint density at radius 2 is 2.18 bits per heavy atom. The molecule has 0 heterocycles. The van der Waals surface area contributed by atoms with Crippen molar-refractivity contribution < 1.29 is 12.8 Å². The molecule has 0 radical (unpaired) electrons. The molecule has 0 saturated carbocycles. The average molecular weight is 281 g/mol. The predicted molar refractivity (Wildman–Crippen MR) is 64.9 cm³/mol. The maximum atomic E-state index is 13.0. The molecule has 0 unspecified atom stereocenters. The van der Waals surface area contributed by atoms with Gasteiger partial charge in [-0.1, -0.05) is 11.6 Å². The van der Waals surface area contributed by atoms with E-state index in [0.29, 0.717) is 6.42 Å². The molecule has 0 bridgehead atoms. The summed E-state index contributed by atoms with van der Waals surface area (Å²) in [5.74, 6) is -0.651. The summed E-state index contributed by atoms with van der Waals surface area (Å²) in [6.45, 7) is 1.95. The summed E-state index contributed by atoms with van der Waals surface area (Å²) >= 11 is 5.71. The largest absolute Gasteiger partial charge is 0.328 e. The molecule has 96 valence electrons. The minimum absolute atomic E-state index is 0.0142. The first-order valence-corrected chi connectivity index (χ1v) is 6.89. The van der Waals surface area contributed by atoms with Crippen LogP contribution in [0.15, 0.2) is 23.1 Å². The summed E-state index contributed by atoms with van der Waals surface area (Å²) in [5, 5.41) is -0.0142. The highest BCUT2D eigenvalue weighted by Gasteiger charge is 2.18. The van der Waals surface area contributed by atoms with Gasteiger partial charge in [-0.3, -0.25) is 0 Å². The van der Waals surface area contributed by atoms with Crippen LogP contribution in [-0.4, -0.2) is 21.0 Å². The molecule has 0 fully saturated rings. The molecule has 1 atom stereocenters. The highest BCUT2D eigenvalue weighted by atomic mass is 35.5. The second kappa shape index (κ2) is 5.77. The highest BCUT2D eigenvalue weighted by Crippen LogP contribution is 2.21. The van der Waals surface area contributed by atoms with Crippen LogP contribution in [0, 0.1) is 5.82 Å². The number of rotatable bonds is 5. The third-order valence-electron chi connectivity index (χ3n) is 2.07. The third kappa shape index (κ3) is 4.23. The van der Waals surface area contributed by atoms with Gasteiger partial charge in [0.05, 0.1) is 5.02 Å². The van der Waals surface area contributed by atoms with Gasteiger partial charge in [-0.05, 0) is 31.5 Å². The third-order valence-corrected chi connectivity index (χ3v) is 4.02. The Morgan fingerprint density at radius 1 is 1.53 bits per heavy atom. The van der Waals surface area contributed by atoms with E-state index in [-0.39, 0.29) is 22.5 Å². The lowest BCUT2D eigenvalue weighted by Gasteiger charge is -2.09. The van der Waals surface area contributed by atoms with Crippen LogP contribution in [0.1, 0.15) is 13.3 Å². The van der Waals surface area contributed by atoms with Crippen LogP contribution in [0.5, 0.6) is 0 Å². The quantitative estimate of drug-likeness (QED) is 0.858. The molecule has 0 amide bonds. The zero-order valence-corrected chi connectivity index (χ0v) is 10.9. The molecule has 7 heteroatoms. The van der Waals surface area contributed by atoms with Crippen molar-refractivity contribution in [3.8, 4) is 0 Å². The summed E-state index contributed by atoms with van der Waals surface area (Å²) in [5.41, 5.74) is 5.49. The maximum Gasteiger partial charge on any atom is 0.242 e. The van der Waals surface area contributed by atoms with Gasteiger partial charge in [-0.15, -0.1) is 0 Å². The smallest absolute Gasteiger partial charge is 0.242 e. The van der Waals surface area contributed by atoms with Gasteiger partial charge in [0.1, 0.15) is 10.7 Å². The van der Waals surface area contributed by atoms with Crippen LogP contribution in [0.4, 0.5) is 4.39 Å². The Hall–Kier alpha value is -0.690. The van der Waals surface area contributed by atoms with Gasteiger partial charge in [-0.25, -0.2) is 17.5 Å². The van der Waals surface area contributed by atoms with Gasteiger partial charge in [-0.2, -0.15) is 0 Å². The van der Waals surface area contributed by atoms with Gasteiger partial charge >= 0.3 is 0 Å². The summed E-state index contributed by atoms with van der Waals surface area (Å²) in [6.07, 6.45) is 0.492. The van der Waals surface area contributed by atoms with Crippen molar-refractivity contribution in [1.29, 1.82) is 0 Å². The average Bonchev–Trinajstić information content (AvgIpc) is 2.20. The fraction of sp³-hybridized carbons (Fsp3) is 0.400. The normalized spacial score (nSPS) is 13.6. The molecule has 1 aromatic carbocycles. The molecule has 4 nitrogen and oxygen atoms in total. The van der Waals surface area contributed by atoms with E-state index in [9.17, 15) is 12.8 Å². The Kier molecular flexibility index (Phi) is 4.88. The van der Waals surface area contributed by atoms with E-state index in [2.05, 4.69) is 4.72 Å². The first-order valence-electron chi connectivity index (χ1n) is 5.03. The van der Waals surface area contributed by atoms with Crippen molar-refractivity contribution in [2.75, 3.05) is 6.54 Å². The van der Waals surface area contributed by atoms with E-state index in [4.69, 9.17) is 17.3 Å². The van der Waals surface area contributed by atoms with Crippen molar-refractivity contribution >= 4 is 21.6 Å². The standard InChI is InChI=1S/C10H14ClFN2O2S/c1-7(13)4-5-14-17(15,16)10-6-8(12)2-3-9(10)11/h2-3,6-7,14H,4-5,13H2,1H3/t7-/m1/s1. The Morgan fingerprint density at radius 3 is 2.76 bits per heavy atom. The van der Waals surface area contributed by atoms with Gasteiger partial charge in [0.25, 0.3) is 0 Å². The van der Waals surface area contributed by atoms with Crippen LogP contribution >= 0.6 is 11.6 Å². The van der Waals surface area contributed by atoms with Crippen molar-refractivity contribution in [2.45, 2.75) is 24.3 Å². The molecule has 0 aliphatic heterocycles. The van der Waals surface area contributed by atoms with Gasteiger partial charge in [0.15, 0.2) is 0 Å². The zero-order valence-electron chi connectivity index (χ0n) is 9.28. The van der Waals surface area contributed by atoms with Gasteiger partial charge in [0.2, 0.25) is 10.0 Å². The van der Waals surface area contributed by atoms with E-state index in [1.165, 1.54) is 6.07 Å². The fourth-order valence-electron chi connectivity index (χ4n) is 1.18. The number of hydrogen-bond acceptors (Lipinski definition) is 3. The molecule has 0 aliphatic rings. The number of hydrogen-bond donors (Lipinski definition) is 2. The molecular formula is C10H14ClFN2O2S. The summed E-state index contributed by atoms with van der Waals surface area (Å²) in [4.78, 5) is -0.260. The maximum absolute atomic E-state index is 13.0. The molecule has 0 spiro atoms. The monoisotopic (exact) mass is 280 g/mol. The van der Waals surface area contributed by atoms with Crippen LogP contribution < -0.4 is 10.5 Å². The summed E-state index contributed by atoms with van der Waals surface area (Å²) in [6, 6.07) is 3.08. The lowest BCUT2D eigenvalue weighted by molar-refractivity contribution is 0.569. The summed E-state index contributed by atoms with van der Waals surface area (Å²) in [7, 11) is -3.79. The van der Waals surface area contributed by atoms with Crippen LogP contribution in [0.25, 0.3) is 0 Å². The van der Waals surface area contributed by atoms with Crippen molar-refractivity contribution in [3.05, 3.63) is 29.0 Å². The van der Waals surface area contributed by atoms with E-state index < -0.39 is 15.8 Å². The van der Waals surface area contributed by atoms with E-state index >= 15 is 0 Å². The first kappa shape index (κ1) is 14.4. The first-order chi connectivity index (χ1) is 7.83. The zero-order chi connectivity index (χ0) is 13.1. The number of nitrogens with two attached hydrogens (primary N) is 1. The minimum Gasteiger partial charge on any atom is -0.328 e. The lowest BCUT2D eigenvalue weighted by Crippen LogP contribution is -2.29. The molecular weight excluding hydrogens is 267 g/mol. The topological polar surface area (TPSA) is 72.2 Å². The van der Waals surface area contributed by atoms with E-state index in [1.54, 1.807) is 6.92 Å². The Labute approximate surface area is 105 Å². The Bertz CT molecular complexity index is 491. The van der Waals surface area contributed by atoms with Crippen molar-refractivity contribution in [2.24, 2.45) is 5.73 Å². The van der Waals surface area contributed by atoms with Crippen molar-refractivity contribution in [3.63, 3.8) is 0 Å². The Balaban J connectivity index is 2.86. The van der Waals surface area contributed by atoms with Crippen LogP contribution in [-0.2, 0) is 10.0 Å². The van der Waals surface area contributed by atoms with Crippen molar-refractivity contribution in [1.82, 2.24) is 4.72 Å². The highest BCUT2D eigenvalue weighted by molar-refractivity contribution is 7.89. The number of halogens is 2. The van der Waals surface area contributed by atoms with E-state index in [1.807, 2.05) is 0 Å². The van der Waals surface area contributed by atoms with Gasteiger partial charge < -0.3 is 5.73 Å². The molecule has 0 aliphatic carbocycles. The molecule has 0 aromatic heterocycles. The number of sulfonamides is 1. The van der Waals surface area contributed by atoms with Gasteiger partial charge in [0, 0.05) is 12.6 Å². The second-order valence-corrected chi connectivity index (χ2v) is 5.88. The summed E-state index contributed by atoms with van der Waals surface area (Å²) < 4.78 is 38.8. The second-order valence-electron chi connectivity index (χ2n) is 3.74. The molecule has 1 aromatic rings. The van der Waals surface area contributed by atoms with E-state index in [0.717, 1.165) is 12.1 Å². The van der Waals surface area contributed by atoms with Crippen LogP contribution in [0.3, 0.4) is 0 Å². The molecule has 1 rings (SSSR count). The number of benzene rings is 1. The lowest BCUT2D eigenvalue weighted by atomic mass is 10.3. The SMILES string of the molecule is C[C@@H](N)CCNS(=O)(=O)c1cc(F)ccc1Cl. The fourth-order valence-corrected chi connectivity index (χ4v) is 2.74. The molecule has 0 saturated heterocycles. The predicted octanol–water partition coefficient (Wildman–Crippen LogP) is 1.49. The number of nitrogens with one attached hydrogen (secondary N) is 1.